The van der Waals surface area contributed by atoms with Crippen LogP contribution in [0.15, 0.2) is 36.9 Å². The lowest BCUT2D eigenvalue weighted by molar-refractivity contribution is -0.193. The average Bonchev–Trinajstić information content (AvgIpc) is 3.52. The molecule has 0 radical (unpaired) electrons. The number of H-pyrrole nitrogens is 2. The van der Waals surface area contributed by atoms with Crippen LogP contribution < -0.4 is 11.1 Å². The van der Waals surface area contributed by atoms with Crippen LogP contribution in [0.1, 0.15) is 16.8 Å². The van der Waals surface area contributed by atoms with Crippen LogP contribution in [0, 0.1) is 0 Å². The zero-order valence-corrected chi connectivity index (χ0v) is 20.9. The maximum atomic E-state index is 13.1. The van der Waals surface area contributed by atoms with Gasteiger partial charge in [-0.25, -0.2) is 19.4 Å². The minimum atomic E-state index is -5.08. The van der Waals surface area contributed by atoms with Crippen molar-refractivity contribution in [2.24, 2.45) is 5.73 Å². The van der Waals surface area contributed by atoms with E-state index in [1.54, 1.807) is 0 Å². The molecule has 1 aromatic carbocycles. The predicted molar refractivity (Wildman–Crippen MR) is 124 cm³/mol. The summed E-state index contributed by atoms with van der Waals surface area (Å²) in [6.45, 7) is 0. The molecule has 0 unspecified atom stereocenters. The van der Waals surface area contributed by atoms with Gasteiger partial charge in [-0.1, -0.05) is 12.1 Å². The minimum Gasteiger partial charge on any atom is -0.480 e. The molecule has 0 aliphatic rings. The van der Waals surface area contributed by atoms with Crippen LogP contribution in [0.4, 0.5) is 39.5 Å². The van der Waals surface area contributed by atoms with Crippen LogP contribution in [0.25, 0.3) is 10.9 Å². The first kappa shape index (κ1) is 36.2. The number of imidazole rings is 1. The highest BCUT2D eigenvalue weighted by Gasteiger charge is 2.39. The number of carbonyl (C=O) groups excluding carboxylic acids is 1. The highest BCUT2D eigenvalue weighted by molar-refractivity contribution is 5.89. The lowest BCUT2D eigenvalue weighted by Crippen LogP contribution is -2.50. The molecule has 238 valence electrons. The number of hydrogen-bond donors (Lipinski definition) is 7. The van der Waals surface area contributed by atoms with Gasteiger partial charge in [-0.2, -0.15) is 39.5 Å². The van der Waals surface area contributed by atoms with Gasteiger partial charge in [0.1, 0.15) is 6.04 Å². The van der Waals surface area contributed by atoms with Gasteiger partial charge in [-0.05, 0) is 11.6 Å². The number of carboxylic acids is 3. The third-order valence-electron chi connectivity index (χ3n) is 4.96. The number of carboxylic acid groups (broad SMARTS) is 3. The van der Waals surface area contributed by atoms with E-state index in [4.69, 9.17) is 25.5 Å². The fourth-order valence-electron chi connectivity index (χ4n) is 3.04. The second-order valence-corrected chi connectivity index (χ2v) is 8.14. The Morgan fingerprint density at radius 3 is 1.84 bits per heavy atom. The van der Waals surface area contributed by atoms with Crippen molar-refractivity contribution in [3.63, 3.8) is 0 Å². The number of aromatic amines is 2. The molecule has 1 amide bonds. The molecule has 0 bridgehead atoms. The second kappa shape index (κ2) is 14.4. The third-order valence-corrected chi connectivity index (χ3v) is 4.96. The van der Waals surface area contributed by atoms with Gasteiger partial charge in [-0.3, -0.25) is 4.79 Å². The normalized spacial score (nSPS) is 13.1. The first-order valence-electron chi connectivity index (χ1n) is 11.1. The number of halogens is 9. The van der Waals surface area contributed by atoms with Crippen LogP contribution in [-0.4, -0.2) is 78.5 Å². The minimum absolute atomic E-state index is 0.125. The van der Waals surface area contributed by atoms with Crippen molar-refractivity contribution in [1.82, 2.24) is 20.3 Å². The van der Waals surface area contributed by atoms with Crippen molar-refractivity contribution in [2.75, 3.05) is 0 Å². The van der Waals surface area contributed by atoms with Gasteiger partial charge < -0.3 is 36.3 Å². The maximum Gasteiger partial charge on any atom is 0.490 e. The Kier molecular flexibility index (Phi) is 12.1. The van der Waals surface area contributed by atoms with E-state index in [2.05, 4.69) is 20.3 Å². The van der Waals surface area contributed by atoms with Crippen molar-refractivity contribution in [3.05, 3.63) is 53.7 Å². The monoisotopic (exact) mass is 637 g/mol. The number of nitrogens with one attached hydrogen (secondary N) is 3. The van der Waals surface area contributed by atoms with E-state index in [1.165, 1.54) is 30.9 Å². The molecule has 0 spiro atoms. The summed E-state index contributed by atoms with van der Waals surface area (Å²) >= 11 is 0. The molecule has 3 aromatic rings. The summed E-state index contributed by atoms with van der Waals surface area (Å²) < 4.78 is 103. The molecule has 21 heteroatoms. The van der Waals surface area contributed by atoms with Gasteiger partial charge in [0, 0.05) is 36.3 Å². The van der Waals surface area contributed by atoms with Crippen LogP contribution >= 0.6 is 0 Å². The van der Waals surface area contributed by atoms with Gasteiger partial charge >= 0.3 is 36.4 Å². The highest BCUT2D eigenvalue weighted by atomic mass is 19.4. The molecule has 2 aromatic heterocycles. The number of nitrogens with two attached hydrogens (primary N) is 1. The van der Waals surface area contributed by atoms with E-state index in [0.717, 1.165) is 6.07 Å². The number of carbonyl (C=O) groups is 4. The standard InChI is InChI=1S/C18H18F3N5O3.2C2HF3O2/c19-18(20,21)12-3-1-2-11-9(6-24-15(11)12)4-14(17(28)29)26-16(27)13(22)5-10-7-23-8-25-10;2*3-2(4,5)1(6)7/h1-3,6-8,13-14,24H,4-5,22H2,(H,23,25)(H,26,27)(H,28,29);2*(H,6,7)/t13-,14-;;/m0../s1. The van der Waals surface area contributed by atoms with E-state index in [0.29, 0.717) is 11.3 Å². The Hall–Kier alpha value is -4.82. The predicted octanol–water partition coefficient (Wildman–Crippen LogP) is 2.86. The summed E-state index contributed by atoms with van der Waals surface area (Å²) in [5.74, 6) is -7.53. The fourth-order valence-corrected chi connectivity index (χ4v) is 3.04. The summed E-state index contributed by atoms with van der Waals surface area (Å²) in [5.41, 5.74) is 5.76. The molecule has 0 aliphatic heterocycles. The summed E-state index contributed by atoms with van der Waals surface area (Å²) in [6, 6.07) is 1.27. The molecule has 8 N–H and O–H groups in total. The molecule has 2 heterocycles. The SMILES string of the molecule is N[C@@H](Cc1cnc[nH]1)C(=O)N[C@@H](Cc1c[nH]c2c(C(F)(F)F)cccc12)C(=O)O.O=C(O)C(F)(F)F.O=C(O)C(F)(F)F. The van der Waals surface area contributed by atoms with Crippen molar-refractivity contribution in [1.29, 1.82) is 0 Å². The van der Waals surface area contributed by atoms with Crippen LogP contribution in [0.5, 0.6) is 0 Å². The third kappa shape index (κ3) is 11.5. The van der Waals surface area contributed by atoms with E-state index in [-0.39, 0.29) is 23.7 Å². The van der Waals surface area contributed by atoms with Gasteiger partial charge in [0.2, 0.25) is 5.91 Å². The van der Waals surface area contributed by atoms with Crippen LogP contribution in [0.2, 0.25) is 0 Å². The Balaban J connectivity index is 0.000000548. The number of nitrogens with zero attached hydrogens (tertiary/aromatic N) is 1. The lowest BCUT2D eigenvalue weighted by atomic mass is 10.0. The van der Waals surface area contributed by atoms with Crippen molar-refractivity contribution in [2.45, 2.75) is 43.5 Å². The second-order valence-electron chi connectivity index (χ2n) is 8.14. The first-order chi connectivity index (χ1) is 19.6. The van der Waals surface area contributed by atoms with Gasteiger partial charge in [0.15, 0.2) is 0 Å². The molecule has 43 heavy (non-hydrogen) atoms. The maximum absolute atomic E-state index is 13.1. The molecule has 3 rings (SSSR count). The van der Waals surface area contributed by atoms with Gasteiger partial charge in [0.05, 0.1) is 23.4 Å². The van der Waals surface area contributed by atoms with Gasteiger partial charge in [-0.15, -0.1) is 0 Å². The number of rotatable bonds is 7. The van der Waals surface area contributed by atoms with Crippen molar-refractivity contribution >= 4 is 34.7 Å². The number of para-hydroxylation sites is 1. The quantitative estimate of drug-likeness (QED) is 0.190. The number of fused-ring (bicyclic) bond motifs is 1. The van der Waals surface area contributed by atoms with E-state index in [1.807, 2.05) is 0 Å². The zero-order valence-electron chi connectivity index (χ0n) is 20.9. The molecule has 2 atom stereocenters. The topological polar surface area (TPSA) is 211 Å². The van der Waals surface area contributed by atoms with E-state index >= 15 is 0 Å². The van der Waals surface area contributed by atoms with Gasteiger partial charge in [0.25, 0.3) is 0 Å². The summed E-state index contributed by atoms with van der Waals surface area (Å²) in [7, 11) is 0. The summed E-state index contributed by atoms with van der Waals surface area (Å²) in [6.07, 6.45) is -10.6. The molecule has 0 saturated carbocycles. The number of aromatic nitrogens is 3. The largest absolute Gasteiger partial charge is 0.490 e. The molecule has 0 saturated heterocycles. The number of aliphatic carboxylic acids is 3. The Bertz CT molecular complexity index is 1380. The fraction of sp³-hybridized carbons (Fsp3) is 0.318. The Labute approximate surface area is 232 Å². The van der Waals surface area contributed by atoms with E-state index in [9.17, 15) is 54.2 Å². The lowest BCUT2D eigenvalue weighted by Gasteiger charge is -2.17. The highest BCUT2D eigenvalue weighted by Crippen LogP contribution is 2.35. The molecule has 12 nitrogen and oxygen atoms in total. The van der Waals surface area contributed by atoms with Crippen molar-refractivity contribution in [3.8, 4) is 0 Å². The molecule has 0 fully saturated rings. The average molecular weight is 637 g/mol. The zero-order chi connectivity index (χ0) is 33.3. The van der Waals surface area contributed by atoms with E-state index < -0.39 is 60.0 Å². The smallest absolute Gasteiger partial charge is 0.480 e. The molecule has 0 aliphatic carbocycles. The Morgan fingerprint density at radius 2 is 1.42 bits per heavy atom. The summed E-state index contributed by atoms with van der Waals surface area (Å²) in [4.78, 5) is 50.8. The summed E-state index contributed by atoms with van der Waals surface area (Å²) in [5, 5.41) is 26.3. The first-order valence-corrected chi connectivity index (χ1v) is 11.1. The number of benzene rings is 1. The molecular formula is C22H20F9N5O7. The van der Waals surface area contributed by atoms with Crippen molar-refractivity contribution < 1.29 is 74.0 Å². The Morgan fingerprint density at radius 1 is 0.884 bits per heavy atom. The van der Waals surface area contributed by atoms with Crippen LogP contribution in [0.3, 0.4) is 0 Å². The van der Waals surface area contributed by atoms with Crippen LogP contribution in [-0.2, 0) is 38.2 Å². The number of hydrogen-bond acceptors (Lipinski definition) is 6. The number of alkyl halides is 9. The number of amides is 1. The molecular weight excluding hydrogens is 617 g/mol.